The first-order valence-corrected chi connectivity index (χ1v) is 7.78. The molecule has 7 heteroatoms. The van der Waals surface area contributed by atoms with Crippen molar-refractivity contribution < 1.29 is 9.84 Å². The summed E-state index contributed by atoms with van der Waals surface area (Å²) in [6.45, 7) is 2.02. The molecule has 0 fully saturated rings. The zero-order chi connectivity index (χ0) is 17.1. The predicted octanol–water partition coefficient (Wildman–Crippen LogP) is 2.19. The summed E-state index contributed by atoms with van der Waals surface area (Å²) in [5, 5.41) is 11.1. The lowest BCUT2D eigenvalue weighted by Crippen LogP contribution is -2.30. The fraction of sp³-hybridized carbons (Fsp3) is 0.235. The second-order valence-corrected chi connectivity index (χ2v) is 5.90. The van der Waals surface area contributed by atoms with Crippen LogP contribution in [0, 0.1) is 6.92 Å². The van der Waals surface area contributed by atoms with Crippen molar-refractivity contribution in [3.63, 3.8) is 0 Å². The summed E-state index contributed by atoms with van der Waals surface area (Å²) >= 11 is 6.05. The third-order valence-corrected chi connectivity index (χ3v) is 3.87. The van der Waals surface area contributed by atoms with Gasteiger partial charge in [-0.3, -0.25) is 14.3 Å². The summed E-state index contributed by atoms with van der Waals surface area (Å²) in [4.78, 5) is 20.5. The van der Waals surface area contributed by atoms with Gasteiger partial charge < -0.3 is 9.84 Å². The molecule has 2 heterocycles. The van der Waals surface area contributed by atoms with Gasteiger partial charge in [0.2, 0.25) is 0 Å². The summed E-state index contributed by atoms with van der Waals surface area (Å²) < 4.78 is 6.91. The standard InChI is InChI=1S/C17H16ClN3O3/c1-11-2-3-14(18)16(6-11)24-9-12(22)8-21-10-20-15-7-19-5-4-13(15)17(21)23/h2-7,10,12,22H,8-9H2,1H3. The second-order valence-electron chi connectivity index (χ2n) is 5.49. The van der Waals surface area contributed by atoms with Crippen molar-refractivity contribution in [3.05, 3.63) is 63.9 Å². The van der Waals surface area contributed by atoms with Gasteiger partial charge in [-0.2, -0.15) is 0 Å². The summed E-state index contributed by atoms with van der Waals surface area (Å²) in [7, 11) is 0. The minimum atomic E-state index is -0.875. The van der Waals surface area contributed by atoms with Crippen molar-refractivity contribution in [2.75, 3.05) is 6.61 Å². The van der Waals surface area contributed by atoms with Gasteiger partial charge in [0.1, 0.15) is 18.5 Å². The highest BCUT2D eigenvalue weighted by Crippen LogP contribution is 2.25. The first kappa shape index (κ1) is 16.4. The van der Waals surface area contributed by atoms with Gasteiger partial charge in [0.05, 0.1) is 35.0 Å². The maximum Gasteiger partial charge on any atom is 0.261 e. The molecule has 1 atom stereocenters. The Morgan fingerprint density at radius 1 is 1.38 bits per heavy atom. The maximum atomic E-state index is 12.4. The molecular weight excluding hydrogens is 330 g/mol. The Kier molecular flexibility index (Phi) is 4.78. The topological polar surface area (TPSA) is 77.2 Å². The molecule has 1 aromatic carbocycles. The zero-order valence-corrected chi connectivity index (χ0v) is 13.8. The Morgan fingerprint density at radius 3 is 3.04 bits per heavy atom. The Labute approximate surface area is 143 Å². The molecule has 3 rings (SSSR count). The number of nitrogens with zero attached hydrogens (tertiary/aromatic N) is 3. The molecule has 0 amide bonds. The van der Waals surface area contributed by atoms with Gasteiger partial charge in [0, 0.05) is 6.20 Å². The number of ether oxygens (including phenoxy) is 1. The fourth-order valence-electron chi connectivity index (χ4n) is 2.33. The minimum Gasteiger partial charge on any atom is -0.489 e. The van der Waals surface area contributed by atoms with E-state index < -0.39 is 6.10 Å². The largest absolute Gasteiger partial charge is 0.489 e. The summed E-state index contributed by atoms with van der Waals surface area (Å²) in [6.07, 6.45) is 3.59. The first-order valence-electron chi connectivity index (χ1n) is 7.41. The molecule has 6 nitrogen and oxygen atoms in total. The van der Waals surface area contributed by atoms with Gasteiger partial charge in [0.25, 0.3) is 5.56 Å². The van der Waals surface area contributed by atoms with Crippen LogP contribution in [0.15, 0.2) is 47.8 Å². The van der Waals surface area contributed by atoms with Crippen LogP contribution in [0.2, 0.25) is 5.02 Å². The lowest BCUT2D eigenvalue weighted by molar-refractivity contribution is 0.0915. The van der Waals surface area contributed by atoms with Gasteiger partial charge in [-0.05, 0) is 30.7 Å². The number of halogens is 1. The van der Waals surface area contributed by atoms with E-state index in [1.54, 1.807) is 18.2 Å². The SMILES string of the molecule is Cc1ccc(Cl)c(OCC(O)Cn2cnc3cnccc3c2=O)c1. The number of aryl methyl sites for hydroxylation is 1. The number of hydrogen-bond donors (Lipinski definition) is 1. The molecule has 0 spiro atoms. The quantitative estimate of drug-likeness (QED) is 0.767. The monoisotopic (exact) mass is 345 g/mol. The fourth-order valence-corrected chi connectivity index (χ4v) is 2.50. The highest BCUT2D eigenvalue weighted by Gasteiger charge is 2.11. The molecule has 1 unspecified atom stereocenters. The number of hydrogen-bond acceptors (Lipinski definition) is 5. The molecule has 24 heavy (non-hydrogen) atoms. The molecule has 2 aromatic heterocycles. The van der Waals surface area contributed by atoms with Crippen molar-refractivity contribution in [3.8, 4) is 5.75 Å². The Balaban J connectivity index is 1.71. The number of benzene rings is 1. The Hall–Kier alpha value is -2.44. The van der Waals surface area contributed by atoms with E-state index in [2.05, 4.69) is 9.97 Å². The van der Waals surface area contributed by atoms with Crippen molar-refractivity contribution in [1.29, 1.82) is 0 Å². The van der Waals surface area contributed by atoms with E-state index in [0.717, 1.165) is 5.56 Å². The summed E-state index contributed by atoms with van der Waals surface area (Å²) in [6, 6.07) is 7.02. The molecule has 0 radical (unpaired) electrons. The minimum absolute atomic E-state index is 0.0179. The van der Waals surface area contributed by atoms with Crippen LogP contribution in [0.5, 0.6) is 5.75 Å². The van der Waals surface area contributed by atoms with Crippen LogP contribution < -0.4 is 10.3 Å². The molecule has 1 N–H and O–H groups in total. The third-order valence-electron chi connectivity index (χ3n) is 3.55. The van der Waals surface area contributed by atoms with Crippen LogP contribution in [0.4, 0.5) is 0 Å². The van der Waals surface area contributed by atoms with E-state index in [1.807, 2.05) is 13.0 Å². The highest BCUT2D eigenvalue weighted by molar-refractivity contribution is 6.32. The van der Waals surface area contributed by atoms with E-state index in [-0.39, 0.29) is 18.7 Å². The number of rotatable bonds is 5. The highest BCUT2D eigenvalue weighted by atomic mass is 35.5. The zero-order valence-electron chi connectivity index (χ0n) is 13.0. The van der Waals surface area contributed by atoms with Crippen molar-refractivity contribution in [1.82, 2.24) is 14.5 Å². The average Bonchev–Trinajstić information content (AvgIpc) is 2.58. The van der Waals surface area contributed by atoms with Crippen LogP contribution in [-0.4, -0.2) is 32.4 Å². The lowest BCUT2D eigenvalue weighted by atomic mass is 10.2. The molecule has 0 aliphatic heterocycles. The number of aliphatic hydroxyl groups excluding tert-OH is 1. The Bertz CT molecular complexity index is 926. The molecule has 124 valence electrons. The van der Waals surface area contributed by atoms with Gasteiger partial charge in [0.15, 0.2) is 0 Å². The number of aliphatic hydroxyl groups is 1. The van der Waals surface area contributed by atoms with Crippen LogP contribution in [0.3, 0.4) is 0 Å². The molecule has 0 saturated carbocycles. The van der Waals surface area contributed by atoms with Crippen LogP contribution >= 0.6 is 11.6 Å². The van der Waals surface area contributed by atoms with Crippen LogP contribution in [-0.2, 0) is 6.54 Å². The van der Waals surface area contributed by atoms with E-state index in [0.29, 0.717) is 21.7 Å². The van der Waals surface area contributed by atoms with Gasteiger partial charge in [-0.25, -0.2) is 4.98 Å². The van der Waals surface area contributed by atoms with Crippen LogP contribution in [0.25, 0.3) is 10.9 Å². The van der Waals surface area contributed by atoms with Gasteiger partial charge in [-0.1, -0.05) is 17.7 Å². The molecule has 3 aromatic rings. The first-order chi connectivity index (χ1) is 11.5. The van der Waals surface area contributed by atoms with E-state index >= 15 is 0 Å². The predicted molar refractivity (Wildman–Crippen MR) is 91.5 cm³/mol. The van der Waals surface area contributed by atoms with E-state index in [4.69, 9.17) is 16.3 Å². The summed E-state index contributed by atoms with van der Waals surface area (Å²) in [5.74, 6) is 0.505. The molecule has 0 aliphatic carbocycles. The lowest BCUT2D eigenvalue weighted by Gasteiger charge is -2.15. The smallest absolute Gasteiger partial charge is 0.261 e. The van der Waals surface area contributed by atoms with Crippen molar-refractivity contribution >= 4 is 22.5 Å². The average molecular weight is 346 g/mol. The molecular formula is C17H16ClN3O3. The molecule has 0 aliphatic rings. The van der Waals surface area contributed by atoms with Crippen molar-refractivity contribution in [2.24, 2.45) is 0 Å². The summed E-state index contributed by atoms with van der Waals surface area (Å²) in [5.41, 5.74) is 1.30. The molecule has 0 saturated heterocycles. The van der Waals surface area contributed by atoms with Crippen molar-refractivity contribution in [2.45, 2.75) is 19.6 Å². The number of fused-ring (bicyclic) bond motifs is 1. The normalized spacial score (nSPS) is 12.3. The van der Waals surface area contributed by atoms with Crippen LogP contribution in [0.1, 0.15) is 5.56 Å². The van der Waals surface area contributed by atoms with E-state index in [9.17, 15) is 9.90 Å². The van der Waals surface area contributed by atoms with Gasteiger partial charge in [-0.15, -0.1) is 0 Å². The van der Waals surface area contributed by atoms with E-state index in [1.165, 1.54) is 23.3 Å². The third kappa shape index (κ3) is 3.55. The molecule has 0 bridgehead atoms. The maximum absolute atomic E-state index is 12.4. The second kappa shape index (κ2) is 6.98. The van der Waals surface area contributed by atoms with Gasteiger partial charge >= 0.3 is 0 Å². The Morgan fingerprint density at radius 2 is 2.21 bits per heavy atom. The number of aromatic nitrogens is 3. The number of pyridine rings is 1.